The third-order valence-corrected chi connectivity index (χ3v) is 4.34. The maximum absolute atomic E-state index is 12.1. The Balaban J connectivity index is 1.70. The van der Waals surface area contributed by atoms with E-state index in [0.29, 0.717) is 5.75 Å². The fourth-order valence-electron chi connectivity index (χ4n) is 2.46. The summed E-state index contributed by atoms with van der Waals surface area (Å²) in [6.07, 6.45) is 1.75. The molecule has 0 radical (unpaired) electrons. The SMILES string of the molecule is Cc1ccccc1N=Cc1cc(Br)ccc1OCC(=O)Nc1ccccc1. The number of ether oxygens (including phenoxy) is 1. The maximum atomic E-state index is 12.1. The summed E-state index contributed by atoms with van der Waals surface area (Å²) in [7, 11) is 0. The average Bonchev–Trinajstić information content (AvgIpc) is 2.67. The first kappa shape index (κ1) is 18.9. The van der Waals surface area contributed by atoms with Crippen LogP contribution in [0.15, 0.2) is 82.3 Å². The number of aryl methyl sites for hydroxylation is 1. The molecular weight excluding hydrogens is 404 g/mol. The van der Waals surface area contributed by atoms with Crippen molar-refractivity contribution in [2.75, 3.05) is 11.9 Å². The molecule has 0 spiro atoms. The number of nitrogens with one attached hydrogen (secondary N) is 1. The van der Waals surface area contributed by atoms with Gasteiger partial charge in [-0.15, -0.1) is 0 Å². The van der Waals surface area contributed by atoms with Gasteiger partial charge in [0.15, 0.2) is 6.61 Å². The van der Waals surface area contributed by atoms with Crippen LogP contribution in [-0.2, 0) is 4.79 Å². The van der Waals surface area contributed by atoms with Gasteiger partial charge in [0.2, 0.25) is 0 Å². The van der Waals surface area contributed by atoms with Crippen molar-refractivity contribution in [2.24, 2.45) is 4.99 Å². The fourth-order valence-corrected chi connectivity index (χ4v) is 2.84. The summed E-state index contributed by atoms with van der Waals surface area (Å²) in [5.41, 5.74) is 3.52. The van der Waals surface area contributed by atoms with Gasteiger partial charge in [0.25, 0.3) is 5.91 Å². The van der Waals surface area contributed by atoms with E-state index in [2.05, 4.69) is 26.2 Å². The standard InChI is InChI=1S/C22H19BrN2O2/c1-16-7-5-6-10-20(16)24-14-17-13-18(23)11-12-21(17)27-15-22(26)25-19-8-3-2-4-9-19/h2-14H,15H2,1H3,(H,25,26). The summed E-state index contributed by atoms with van der Waals surface area (Å²) in [4.78, 5) is 16.7. The zero-order valence-corrected chi connectivity index (χ0v) is 16.4. The van der Waals surface area contributed by atoms with E-state index in [9.17, 15) is 4.79 Å². The molecule has 0 aliphatic carbocycles. The van der Waals surface area contributed by atoms with E-state index in [-0.39, 0.29) is 12.5 Å². The molecule has 27 heavy (non-hydrogen) atoms. The number of rotatable bonds is 6. The molecule has 3 rings (SSSR count). The molecule has 4 nitrogen and oxygen atoms in total. The second-order valence-electron chi connectivity index (χ2n) is 5.93. The predicted molar refractivity (Wildman–Crippen MR) is 113 cm³/mol. The van der Waals surface area contributed by atoms with Crippen LogP contribution in [0.2, 0.25) is 0 Å². The van der Waals surface area contributed by atoms with Gasteiger partial charge in [0.05, 0.1) is 5.69 Å². The lowest BCUT2D eigenvalue weighted by Crippen LogP contribution is -2.20. The molecule has 1 N–H and O–H groups in total. The van der Waals surface area contributed by atoms with Gasteiger partial charge in [0, 0.05) is 21.9 Å². The molecule has 5 heteroatoms. The molecule has 136 valence electrons. The van der Waals surface area contributed by atoms with Crippen molar-refractivity contribution >= 4 is 39.4 Å². The van der Waals surface area contributed by atoms with Gasteiger partial charge in [-0.05, 0) is 48.9 Å². The maximum Gasteiger partial charge on any atom is 0.262 e. The number of hydrogen-bond donors (Lipinski definition) is 1. The highest BCUT2D eigenvalue weighted by Crippen LogP contribution is 2.24. The Kier molecular flexibility index (Phi) is 6.39. The highest BCUT2D eigenvalue weighted by atomic mass is 79.9. The third-order valence-electron chi connectivity index (χ3n) is 3.85. The second-order valence-corrected chi connectivity index (χ2v) is 6.85. The summed E-state index contributed by atoms with van der Waals surface area (Å²) in [6, 6.07) is 22.8. The topological polar surface area (TPSA) is 50.7 Å². The van der Waals surface area contributed by atoms with Gasteiger partial charge in [0.1, 0.15) is 5.75 Å². The van der Waals surface area contributed by atoms with Crippen molar-refractivity contribution in [1.82, 2.24) is 0 Å². The Morgan fingerprint density at radius 1 is 1.07 bits per heavy atom. The number of aliphatic imine (C=N–C) groups is 1. The number of carbonyl (C=O) groups excluding carboxylic acids is 1. The van der Waals surface area contributed by atoms with Gasteiger partial charge in [-0.3, -0.25) is 9.79 Å². The number of nitrogens with zero attached hydrogens (tertiary/aromatic N) is 1. The number of benzene rings is 3. The Bertz CT molecular complexity index is 956. The number of hydrogen-bond acceptors (Lipinski definition) is 3. The Morgan fingerprint density at radius 2 is 1.81 bits per heavy atom. The highest BCUT2D eigenvalue weighted by Gasteiger charge is 2.07. The van der Waals surface area contributed by atoms with Gasteiger partial charge in [-0.1, -0.05) is 52.3 Å². The fraction of sp³-hybridized carbons (Fsp3) is 0.0909. The van der Waals surface area contributed by atoms with Crippen LogP contribution in [0.1, 0.15) is 11.1 Å². The molecule has 0 aliphatic rings. The monoisotopic (exact) mass is 422 g/mol. The Labute approximate surface area is 167 Å². The van der Waals surface area contributed by atoms with Gasteiger partial charge < -0.3 is 10.1 Å². The van der Waals surface area contributed by atoms with Crippen molar-refractivity contribution < 1.29 is 9.53 Å². The van der Waals surface area contributed by atoms with Crippen LogP contribution in [0.3, 0.4) is 0 Å². The van der Waals surface area contributed by atoms with Crippen LogP contribution in [-0.4, -0.2) is 18.7 Å². The largest absolute Gasteiger partial charge is 0.483 e. The molecule has 3 aromatic carbocycles. The minimum atomic E-state index is -0.217. The van der Waals surface area contributed by atoms with E-state index in [0.717, 1.165) is 27.0 Å². The number of amides is 1. The van der Waals surface area contributed by atoms with E-state index >= 15 is 0 Å². The molecule has 0 unspecified atom stereocenters. The van der Waals surface area contributed by atoms with E-state index in [1.54, 1.807) is 6.21 Å². The van der Waals surface area contributed by atoms with Gasteiger partial charge in [-0.2, -0.15) is 0 Å². The normalized spacial score (nSPS) is 10.7. The van der Waals surface area contributed by atoms with E-state index in [1.807, 2.05) is 79.7 Å². The molecular formula is C22H19BrN2O2. The zero-order chi connectivity index (χ0) is 19.1. The Hall–Kier alpha value is -2.92. The van der Waals surface area contributed by atoms with Crippen molar-refractivity contribution in [2.45, 2.75) is 6.92 Å². The lowest BCUT2D eigenvalue weighted by molar-refractivity contribution is -0.118. The van der Waals surface area contributed by atoms with Crippen LogP contribution in [0.4, 0.5) is 11.4 Å². The molecule has 0 fully saturated rings. The van der Waals surface area contributed by atoms with E-state index in [4.69, 9.17) is 4.74 Å². The molecule has 0 atom stereocenters. The predicted octanol–water partition coefficient (Wildman–Crippen LogP) is 5.53. The van der Waals surface area contributed by atoms with Crippen LogP contribution in [0, 0.1) is 6.92 Å². The van der Waals surface area contributed by atoms with E-state index < -0.39 is 0 Å². The molecule has 1 amide bonds. The summed E-state index contributed by atoms with van der Waals surface area (Å²) in [6.45, 7) is 1.93. The Morgan fingerprint density at radius 3 is 2.59 bits per heavy atom. The number of para-hydroxylation sites is 2. The van der Waals surface area contributed by atoms with Crippen molar-refractivity contribution in [3.63, 3.8) is 0 Å². The van der Waals surface area contributed by atoms with Crippen LogP contribution in [0.5, 0.6) is 5.75 Å². The van der Waals surface area contributed by atoms with Crippen molar-refractivity contribution in [3.05, 3.63) is 88.4 Å². The second kappa shape index (κ2) is 9.14. The summed E-state index contributed by atoms with van der Waals surface area (Å²) >= 11 is 3.46. The number of carbonyl (C=O) groups is 1. The first-order valence-corrected chi connectivity index (χ1v) is 9.28. The minimum Gasteiger partial charge on any atom is -0.483 e. The average molecular weight is 423 g/mol. The highest BCUT2D eigenvalue weighted by molar-refractivity contribution is 9.10. The smallest absolute Gasteiger partial charge is 0.262 e. The molecule has 0 bridgehead atoms. The van der Waals surface area contributed by atoms with Crippen LogP contribution >= 0.6 is 15.9 Å². The first-order chi connectivity index (χ1) is 13.1. The molecule has 0 saturated heterocycles. The molecule has 0 heterocycles. The van der Waals surface area contributed by atoms with Crippen LogP contribution in [0.25, 0.3) is 0 Å². The summed E-state index contributed by atoms with van der Waals surface area (Å²) < 4.78 is 6.63. The zero-order valence-electron chi connectivity index (χ0n) is 14.9. The van der Waals surface area contributed by atoms with Gasteiger partial charge >= 0.3 is 0 Å². The quantitative estimate of drug-likeness (QED) is 0.531. The number of anilines is 1. The minimum absolute atomic E-state index is 0.0816. The van der Waals surface area contributed by atoms with Crippen molar-refractivity contribution in [1.29, 1.82) is 0 Å². The molecule has 3 aromatic rings. The van der Waals surface area contributed by atoms with Crippen LogP contribution < -0.4 is 10.1 Å². The lowest BCUT2D eigenvalue weighted by atomic mass is 10.2. The lowest BCUT2D eigenvalue weighted by Gasteiger charge is -2.10. The first-order valence-electron chi connectivity index (χ1n) is 8.49. The third kappa shape index (κ3) is 5.53. The molecule has 0 aliphatic heterocycles. The number of halogens is 1. The van der Waals surface area contributed by atoms with Gasteiger partial charge in [-0.25, -0.2) is 0 Å². The molecule has 0 aromatic heterocycles. The summed E-state index contributed by atoms with van der Waals surface area (Å²) in [5, 5.41) is 2.80. The van der Waals surface area contributed by atoms with Crippen molar-refractivity contribution in [3.8, 4) is 5.75 Å². The van der Waals surface area contributed by atoms with E-state index in [1.165, 1.54) is 0 Å². The summed E-state index contributed by atoms with van der Waals surface area (Å²) in [5.74, 6) is 0.379. The molecule has 0 saturated carbocycles.